The predicted octanol–water partition coefficient (Wildman–Crippen LogP) is 2.25. The third kappa shape index (κ3) is 3.62. The molecule has 0 bridgehead atoms. The average molecular weight is 293 g/mol. The van der Waals surface area contributed by atoms with Crippen LogP contribution in [0.25, 0.3) is 0 Å². The van der Waals surface area contributed by atoms with E-state index in [2.05, 4.69) is 19.1 Å². The van der Waals surface area contributed by atoms with Gasteiger partial charge in [-0.15, -0.1) is 0 Å². The third-order valence-electron chi connectivity index (χ3n) is 0.828. The van der Waals surface area contributed by atoms with Gasteiger partial charge in [-0.1, -0.05) is 24.3 Å². The minimum atomic E-state index is 0.435. The van der Waals surface area contributed by atoms with E-state index in [1.165, 1.54) is 0 Å². The van der Waals surface area contributed by atoms with Crippen molar-refractivity contribution in [3.8, 4) is 0 Å². The Morgan fingerprint density at radius 3 is 1.75 bits per heavy atom. The Balaban J connectivity index is 0.000000222. The van der Waals surface area contributed by atoms with Gasteiger partial charge in [0.15, 0.2) is 0 Å². The average Bonchev–Trinajstić information content (AvgIpc) is 2.24. The molecule has 0 amide bonds. The molecule has 2 heteroatoms. The van der Waals surface area contributed by atoms with E-state index in [9.17, 15) is 0 Å². The molecule has 0 aromatic rings. The van der Waals surface area contributed by atoms with Crippen molar-refractivity contribution in [1.29, 1.82) is 0 Å². The van der Waals surface area contributed by atoms with E-state index in [0.717, 1.165) is 23.2 Å². The molecule has 42 valence electrons. The summed E-state index contributed by atoms with van der Waals surface area (Å²) in [6.45, 7) is 3.76. The summed E-state index contributed by atoms with van der Waals surface area (Å²) in [5.74, 6) is 0.435. The van der Waals surface area contributed by atoms with Crippen LogP contribution in [0.15, 0.2) is 24.3 Å². The molecule has 0 atom stereocenters. The Morgan fingerprint density at radius 1 is 1.25 bits per heavy atom. The normalized spacial score (nSPS) is 15.6. The molecule has 0 aromatic carbocycles. The van der Waals surface area contributed by atoms with Crippen LogP contribution in [0.1, 0.15) is 0 Å². The monoisotopic (exact) mass is 294 g/mol. The molecule has 0 saturated carbocycles. The van der Waals surface area contributed by atoms with Gasteiger partial charge >= 0.3 is 31.8 Å². The first-order valence-corrected chi connectivity index (χ1v) is 6.72. The molecule has 1 rings (SSSR count). The zero-order valence-electron chi connectivity index (χ0n) is 4.47. The summed E-state index contributed by atoms with van der Waals surface area (Å²) in [7, 11) is 4.78. The topological polar surface area (TPSA) is 0 Å². The van der Waals surface area contributed by atoms with Gasteiger partial charge in [0, 0.05) is 0 Å². The van der Waals surface area contributed by atoms with Crippen LogP contribution in [-0.2, 0) is 23.2 Å². The van der Waals surface area contributed by atoms with Crippen LogP contribution in [0.3, 0.4) is 0 Å². The van der Waals surface area contributed by atoms with E-state index in [4.69, 9.17) is 8.58 Å². The van der Waals surface area contributed by atoms with Crippen molar-refractivity contribution in [3.05, 3.63) is 31.2 Å². The van der Waals surface area contributed by atoms with E-state index in [1.54, 1.807) is 0 Å². The molecule has 0 nitrogen and oxygen atoms in total. The first-order valence-electron chi connectivity index (χ1n) is 2.26. The Labute approximate surface area is 68.8 Å². The molecule has 0 aliphatic heterocycles. The van der Waals surface area contributed by atoms with Crippen LogP contribution in [0, 0.1) is 12.8 Å². The van der Waals surface area contributed by atoms with Crippen molar-refractivity contribution in [1.82, 2.24) is 0 Å². The molecule has 1 aliphatic rings. The number of halogens is 1. The Bertz CT molecular complexity index is 84.7. The second-order valence-corrected chi connectivity index (χ2v) is 1.43. The maximum atomic E-state index is 4.78. The van der Waals surface area contributed by atoms with E-state index < -0.39 is 0 Å². The summed E-state index contributed by atoms with van der Waals surface area (Å²) < 4.78 is 0. The summed E-state index contributed by atoms with van der Waals surface area (Å²) in [5.41, 5.74) is 0. The van der Waals surface area contributed by atoms with E-state index >= 15 is 0 Å². The molecule has 0 heterocycles. The second kappa shape index (κ2) is 5.77. The van der Waals surface area contributed by atoms with Gasteiger partial charge in [0.2, 0.25) is 0 Å². The number of hydrogen-bond acceptors (Lipinski definition) is 0. The number of hydrogen-bond donors (Lipinski definition) is 0. The third-order valence-corrected chi connectivity index (χ3v) is 0.828. The molecule has 8 heavy (non-hydrogen) atoms. The zero-order valence-corrected chi connectivity index (χ0v) is 8.82. The number of rotatable bonds is 0. The van der Waals surface area contributed by atoms with Gasteiger partial charge in [0.05, 0.1) is 0 Å². The van der Waals surface area contributed by atoms with Crippen molar-refractivity contribution in [2.45, 2.75) is 0 Å². The van der Waals surface area contributed by atoms with E-state index in [0.29, 0.717) is 5.92 Å². The van der Waals surface area contributed by atoms with Crippen molar-refractivity contribution in [3.63, 3.8) is 0 Å². The zero-order chi connectivity index (χ0) is 6.41. The van der Waals surface area contributed by atoms with E-state index in [-0.39, 0.29) is 0 Å². The Hall–Kier alpha value is 0.640. The fraction of sp³-hybridized carbons (Fsp3) is 0.167. The first-order chi connectivity index (χ1) is 3.89. The Kier molecular flexibility index (Phi) is 6.23. The maximum absolute atomic E-state index is 4.78. The van der Waals surface area contributed by atoms with Gasteiger partial charge in [-0.05, 0) is 12.8 Å². The predicted molar refractivity (Wildman–Crippen MR) is 33.0 cm³/mol. The van der Waals surface area contributed by atoms with Crippen LogP contribution in [0.4, 0.5) is 0 Å². The van der Waals surface area contributed by atoms with Crippen molar-refractivity contribution >= 4 is 8.58 Å². The van der Waals surface area contributed by atoms with Gasteiger partial charge in [0.25, 0.3) is 0 Å². The van der Waals surface area contributed by atoms with Gasteiger partial charge in [-0.2, -0.15) is 0 Å². The molecule has 1 radical (unpaired) electrons. The molecule has 0 spiro atoms. The summed E-state index contributed by atoms with van der Waals surface area (Å²) in [5, 5.41) is 0. The standard InChI is InChI=1S/C6H7.ClH.Hf/c1-6-4-2-3-5-6;;/h2-6H,1H2;1H;/q;;+1/p-1. The molecule has 0 saturated heterocycles. The molecule has 1 aliphatic carbocycles. The summed E-state index contributed by atoms with van der Waals surface area (Å²) >= 11 is 0.778. The molecule has 0 unspecified atom stereocenters. The first kappa shape index (κ1) is 8.64. The quantitative estimate of drug-likeness (QED) is 0.601. The van der Waals surface area contributed by atoms with E-state index in [1.807, 2.05) is 12.2 Å². The summed E-state index contributed by atoms with van der Waals surface area (Å²) in [6, 6.07) is 0. The van der Waals surface area contributed by atoms with Crippen LogP contribution >= 0.6 is 8.58 Å². The minimum absolute atomic E-state index is 0.435. The summed E-state index contributed by atoms with van der Waals surface area (Å²) in [4.78, 5) is 0. The van der Waals surface area contributed by atoms with Crippen molar-refractivity contribution in [2.75, 3.05) is 0 Å². The summed E-state index contributed by atoms with van der Waals surface area (Å²) in [6.07, 6.45) is 8.13. The van der Waals surface area contributed by atoms with Crippen LogP contribution < -0.4 is 0 Å². The molecular formula is C6H7ClHf. The fourth-order valence-electron chi connectivity index (χ4n) is 0.478. The second-order valence-electron chi connectivity index (χ2n) is 1.43. The van der Waals surface area contributed by atoms with Crippen LogP contribution in [0.5, 0.6) is 0 Å². The van der Waals surface area contributed by atoms with Gasteiger partial charge in [-0.3, -0.25) is 0 Å². The van der Waals surface area contributed by atoms with Crippen molar-refractivity contribution < 1.29 is 23.2 Å². The van der Waals surface area contributed by atoms with Crippen molar-refractivity contribution in [2.24, 2.45) is 5.92 Å². The van der Waals surface area contributed by atoms with Crippen LogP contribution in [0.2, 0.25) is 0 Å². The SMILES string of the molecule is [CH2]C1C=CC=C1.[Cl][Hf]. The van der Waals surface area contributed by atoms with Gasteiger partial charge < -0.3 is 0 Å². The van der Waals surface area contributed by atoms with Gasteiger partial charge in [0.1, 0.15) is 0 Å². The van der Waals surface area contributed by atoms with Crippen LogP contribution in [-0.4, -0.2) is 0 Å². The molecule has 0 fully saturated rings. The molecule has 0 N–H and O–H groups in total. The van der Waals surface area contributed by atoms with Gasteiger partial charge in [-0.25, -0.2) is 0 Å². The Morgan fingerprint density at radius 2 is 1.62 bits per heavy atom. The fourth-order valence-corrected chi connectivity index (χ4v) is 0.478. The molecular weight excluding hydrogens is 286 g/mol. The molecule has 0 aromatic heterocycles. The number of allylic oxidation sites excluding steroid dienone is 4.